The van der Waals surface area contributed by atoms with E-state index in [0.717, 1.165) is 6.54 Å². The van der Waals surface area contributed by atoms with Crippen LogP contribution in [0.1, 0.15) is 17.5 Å². The van der Waals surface area contributed by atoms with Crippen LogP contribution in [-0.4, -0.2) is 24.4 Å². The number of aryl methyl sites for hydroxylation is 1. The molecule has 82 valence electrons. The van der Waals surface area contributed by atoms with E-state index in [4.69, 9.17) is 5.73 Å². The monoisotopic (exact) mass is 206 g/mol. The lowest BCUT2D eigenvalue weighted by atomic mass is 10.1. The second kappa shape index (κ2) is 5.51. The summed E-state index contributed by atoms with van der Waals surface area (Å²) in [5, 5.41) is 0. The summed E-state index contributed by atoms with van der Waals surface area (Å²) in [6, 6.07) is 8.37. The van der Waals surface area contributed by atoms with Crippen molar-refractivity contribution in [3.63, 3.8) is 0 Å². The van der Waals surface area contributed by atoms with E-state index in [9.17, 15) is 4.79 Å². The van der Waals surface area contributed by atoms with Crippen LogP contribution in [0.5, 0.6) is 0 Å². The van der Waals surface area contributed by atoms with Gasteiger partial charge in [-0.15, -0.1) is 0 Å². The van der Waals surface area contributed by atoms with Crippen LogP contribution in [-0.2, 0) is 11.3 Å². The topological polar surface area (TPSA) is 46.3 Å². The minimum atomic E-state index is -0.244. The van der Waals surface area contributed by atoms with Crippen molar-refractivity contribution in [2.75, 3.05) is 13.6 Å². The Kier molecular flexibility index (Phi) is 4.31. The van der Waals surface area contributed by atoms with E-state index < -0.39 is 0 Å². The maximum Gasteiger partial charge on any atom is 0.218 e. The highest BCUT2D eigenvalue weighted by Crippen LogP contribution is 2.06. The second-order valence-corrected chi connectivity index (χ2v) is 3.94. The smallest absolute Gasteiger partial charge is 0.218 e. The first-order chi connectivity index (χ1) is 7.08. The van der Waals surface area contributed by atoms with Gasteiger partial charge in [0, 0.05) is 19.5 Å². The summed E-state index contributed by atoms with van der Waals surface area (Å²) >= 11 is 0. The van der Waals surface area contributed by atoms with Gasteiger partial charge in [-0.25, -0.2) is 0 Å². The molecule has 3 heteroatoms. The fraction of sp³-hybridized carbons (Fsp3) is 0.417. The number of carbonyl (C=O) groups excluding carboxylic acids is 1. The first-order valence-corrected chi connectivity index (χ1v) is 5.10. The van der Waals surface area contributed by atoms with Crippen LogP contribution < -0.4 is 5.73 Å². The van der Waals surface area contributed by atoms with Crippen LogP contribution in [0.4, 0.5) is 0 Å². The predicted molar refractivity (Wildman–Crippen MR) is 61.3 cm³/mol. The lowest BCUT2D eigenvalue weighted by Gasteiger charge is -2.15. The zero-order chi connectivity index (χ0) is 11.3. The number of hydrogen-bond acceptors (Lipinski definition) is 2. The first-order valence-electron chi connectivity index (χ1n) is 5.10. The van der Waals surface area contributed by atoms with E-state index in [1.807, 2.05) is 13.1 Å². The zero-order valence-corrected chi connectivity index (χ0v) is 9.36. The molecule has 0 saturated carbocycles. The van der Waals surface area contributed by atoms with E-state index in [0.29, 0.717) is 13.0 Å². The molecule has 0 aliphatic carbocycles. The number of nitrogens with two attached hydrogens (primary N) is 1. The summed E-state index contributed by atoms with van der Waals surface area (Å²) in [4.78, 5) is 12.7. The number of rotatable bonds is 5. The van der Waals surface area contributed by atoms with E-state index in [-0.39, 0.29) is 5.91 Å². The van der Waals surface area contributed by atoms with Crippen LogP contribution >= 0.6 is 0 Å². The molecule has 0 radical (unpaired) electrons. The third-order valence-corrected chi connectivity index (χ3v) is 2.27. The summed E-state index contributed by atoms with van der Waals surface area (Å²) in [5.41, 5.74) is 7.62. The van der Waals surface area contributed by atoms with Crippen molar-refractivity contribution < 1.29 is 4.79 Å². The van der Waals surface area contributed by atoms with Crippen molar-refractivity contribution >= 4 is 5.91 Å². The highest BCUT2D eigenvalue weighted by Gasteiger charge is 2.02. The standard InChI is InChI=1S/C12H18N2O/c1-10-4-3-5-11(8-10)9-14(2)7-6-12(13)15/h3-5,8H,6-7,9H2,1-2H3,(H2,13,15). The number of primary amides is 1. The number of benzene rings is 1. The Morgan fingerprint density at radius 3 is 2.80 bits per heavy atom. The number of nitrogens with zero attached hydrogens (tertiary/aromatic N) is 1. The fourth-order valence-electron chi connectivity index (χ4n) is 1.50. The van der Waals surface area contributed by atoms with Crippen molar-refractivity contribution in [2.24, 2.45) is 5.73 Å². The first kappa shape index (κ1) is 11.7. The average molecular weight is 206 g/mol. The van der Waals surface area contributed by atoms with Crippen LogP contribution in [0.3, 0.4) is 0 Å². The average Bonchev–Trinajstić information content (AvgIpc) is 2.15. The Labute approximate surface area is 90.9 Å². The minimum absolute atomic E-state index is 0.244. The molecule has 0 unspecified atom stereocenters. The highest BCUT2D eigenvalue weighted by molar-refractivity contribution is 5.73. The molecular formula is C12H18N2O. The SMILES string of the molecule is Cc1cccc(CN(C)CCC(N)=O)c1. The van der Waals surface area contributed by atoms with E-state index in [2.05, 4.69) is 30.0 Å². The molecule has 3 nitrogen and oxygen atoms in total. The lowest BCUT2D eigenvalue weighted by Crippen LogP contribution is -2.24. The van der Waals surface area contributed by atoms with Crippen LogP contribution in [0, 0.1) is 6.92 Å². The van der Waals surface area contributed by atoms with Crippen LogP contribution in [0.2, 0.25) is 0 Å². The largest absolute Gasteiger partial charge is 0.370 e. The molecule has 0 aliphatic heterocycles. The molecule has 1 rings (SSSR count). The maximum absolute atomic E-state index is 10.6. The minimum Gasteiger partial charge on any atom is -0.370 e. The third kappa shape index (κ3) is 4.61. The molecule has 0 aliphatic rings. The highest BCUT2D eigenvalue weighted by atomic mass is 16.1. The van der Waals surface area contributed by atoms with Gasteiger partial charge < -0.3 is 10.6 Å². The van der Waals surface area contributed by atoms with Crippen LogP contribution in [0.15, 0.2) is 24.3 Å². The molecule has 1 aromatic carbocycles. The molecule has 0 fully saturated rings. The molecule has 2 N–H and O–H groups in total. The number of amides is 1. The van der Waals surface area contributed by atoms with Gasteiger partial charge in [-0.05, 0) is 19.5 Å². The molecule has 1 amide bonds. The zero-order valence-electron chi connectivity index (χ0n) is 9.36. The van der Waals surface area contributed by atoms with E-state index in [1.165, 1.54) is 11.1 Å². The maximum atomic E-state index is 10.6. The van der Waals surface area contributed by atoms with Crippen molar-refractivity contribution in [1.29, 1.82) is 0 Å². The molecule has 1 aromatic rings. The van der Waals surface area contributed by atoms with Gasteiger partial charge >= 0.3 is 0 Å². The normalized spacial score (nSPS) is 10.6. The van der Waals surface area contributed by atoms with Gasteiger partial charge in [-0.2, -0.15) is 0 Å². The molecule has 0 saturated heterocycles. The van der Waals surface area contributed by atoms with Crippen LogP contribution in [0.25, 0.3) is 0 Å². The molecule has 15 heavy (non-hydrogen) atoms. The Balaban J connectivity index is 2.44. The van der Waals surface area contributed by atoms with Gasteiger partial charge in [0.15, 0.2) is 0 Å². The third-order valence-electron chi connectivity index (χ3n) is 2.27. The number of carbonyl (C=O) groups is 1. The molecular weight excluding hydrogens is 188 g/mol. The quantitative estimate of drug-likeness (QED) is 0.789. The van der Waals surface area contributed by atoms with Crippen molar-refractivity contribution in [3.05, 3.63) is 35.4 Å². The Morgan fingerprint density at radius 1 is 1.47 bits per heavy atom. The van der Waals surface area contributed by atoms with Gasteiger partial charge in [0.2, 0.25) is 5.91 Å². The van der Waals surface area contributed by atoms with Gasteiger partial charge in [-0.3, -0.25) is 4.79 Å². The number of hydrogen-bond donors (Lipinski definition) is 1. The molecule has 0 spiro atoms. The Bertz CT molecular complexity index is 336. The summed E-state index contributed by atoms with van der Waals surface area (Å²) in [7, 11) is 1.99. The fourth-order valence-corrected chi connectivity index (χ4v) is 1.50. The van der Waals surface area contributed by atoms with Crippen molar-refractivity contribution in [2.45, 2.75) is 19.9 Å². The van der Waals surface area contributed by atoms with Crippen molar-refractivity contribution in [3.8, 4) is 0 Å². The van der Waals surface area contributed by atoms with E-state index in [1.54, 1.807) is 0 Å². The second-order valence-electron chi connectivity index (χ2n) is 3.94. The molecule has 0 heterocycles. The Hall–Kier alpha value is -1.35. The summed E-state index contributed by atoms with van der Waals surface area (Å²) in [6.07, 6.45) is 0.419. The summed E-state index contributed by atoms with van der Waals surface area (Å²) in [6.45, 7) is 3.64. The predicted octanol–water partition coefficient (Wildman–Crippen LogP) is 1.30. The summed E-state index contributed by atoms with van der Waals surface area (Å²) in [5.74, 6) is -0.244. The summed E-state index contributed by atoms with van der Waals surface area (Å²) < 4.78 is 0. The lowest BCUT2D eigenvalue weighted by molar-refractivity contribution is -0.118. The van der Waals surface area contributed by atoms with Crippen molar-refractivity contribution in [1.82, 2.24) is 4.90 Å². The van der Waals surface area contributed by atoms with Gasteiger partial charge in [0.25, 0.3) is 0 Å². The Morgan fingerprint density at radius 2 is 2.20 bits per heavy atom. The van der Waals surface area contributed by atoms with Gasteiger partial charge in [0.1, 0.15) is 0 Å². The van der Waals surface area contributed by atoms with Gasteiger partial charge in [-0.1, -0.05) is 29.8 Å². The van der Waals surface area contributed by atoms with E-state index >= 15 is 0 Å². The molecule has 0 aromatic heterocycles. The molecule has 0 atom stereocenters. The van der Waals surface area contributed by atoms with Gasteiger partial charge in [0.05, 0.1) is 0 Å². The molecule has 0 bridgehead atoms.